The van der Waals surface area contributed by atoms with Crippen molar-refractivity contribution < 1.29 is 14.1 Å². The summed E-state index contributed by atoms with van der Waals surface area (Å²) in [4.78, 5) is 24.3. The van der Waals surface area contributed by atoms with E-state index < -0.39 is 0 Å². The lowest BCUT2D eigenvalue weighted by molar-refractivity contribution is -0.133. The molecule has 3 aromatic rings. The Morgan fingerprint density at radius 2 is 2.06 bits per heavy atom. The molecule has 2 aromatic heterocycles. The standard InChI is InChI=1S/C25H28N4O3/c1-31-20-10-8-18(9-11-20)15-22(30)29-14-4-12-25(17-29,16-19-6-7-19)24-27-23(32-28-24)21-5-2-3-13-26-21/h2-3,5,8-11,13,19H,4,6-7,12,14-17H2,1H3. The van der Waals surface area contributed by atoms with Crippen LogP contribution >= 0.6 is 0 Å². The molecule has 2 fully saturated rings. The average molecular weight is 433 g/mol. The normalized spacial score (nSPS) is 20.8. The van der Waals surface area contributed by atoms with Gasteiger partial charge in [-0.1, -0.05) is 36.2 Å². The number of benzene rings is 1. The summed E-state index contributed by atoms with van der Waals surface area (Å²) in [6.45, 7) is 1.41. The minimum atomic E-state index is -0.258. The van der Waals surface area contributed by atoms with E-state index in [9.17, 15) is 4.79 Å². The molecule has 2 aliphatic rings. The number of pyridine rings is 1. The van der Waals surface area contributed by atoms with Gasteiger partial charge in [-0.2, -0.15) is 4.98 Å². The SMILES string of the molecule is COc1ccc(CC(=O)N2CCCC(CC3CC3)(c3noc(-c4ccccn4)n3)C2)cc1. The van der Waals surface area contributed by atoms with Gasteiger partial charge in [0.15, 0.2) is 5.82 Å². The van der Waals surface area contributed by atoms with Crippen LogP contribution in [0.25, 0.3) is 11.6 Å². The lowest BCUT2D eigenvalue weighted by Gasteiger charge is -2.41. The van der Waals surface area contributed by atoms with Crippen molar-refractivity contribution in [2.75, 3.05) is 20.2 Å². The van der Waals surface area contributed by atoms with E-state index in [4.69, 9.17) is 14.2 Å². The van der Waals surface area contributed by atoms with Gasteiger partial charge in [-0.15, -0.1) is 0 Å². The number of carbonyl (C=O) groups is 1. The number of methoxy groups -OCH3 is 1. The zero-order chi connectivity index (χ0) is 22.0. The molecular formula is C25H28N4O3. The number of likely N-dealkylation sites (tertiary alicyclic amines) is 1. The van der Waals surface area contributed by atoms with Crippen molar-refractivity contribution in [1.29, 1.82) is 0 Å². The van der Waals surface area contributed by atoms with Gasteiger partial charge in [0.05, 0.1) is 18.9 Å². The molecule has 1 saturated carbocycles. The van der Waals surface area contributed by atoms with Crippen molar-refractivity contribution in [3.05, 3.63) is 60.0 Å². The largest absolute Gasteiger partial charge is 0.497 e. The number of carbonyl (C=O) groups excluding carboxylic acids is 1. The topological polar surface area (TPSA) is 81.4 Å². The second-order valence-electron chi connectivity index (χ2n) is 9.01. The highest BCUT2D eigenvalue weighted by Crippen LogP contribution is 2.46. The fourth-order valence-electron chi connectivity index (χ4n) is 4.72. The zero-order valence-corrected chi connectivity index (χ0v) is 18.4. The Morgan fingerprint density at radius 3 is 2.78 bits per heavy atom. The molecule has 0 spiro atoms. The van der Waals surface area contributed by atoms with Gasteiger partial charge in [-0.25, -0.2) is 0 Å². The molecule has 0 bridgehead atoms. The van der Waals surface area contributed by atoms with Crippen molar-refractivity contribution in [2.45, 2.75) is 43.9 Å². The molecule has 1 atom stereocenters. The minimum Gasteiger partial charge on any atom is -0.497 e. The molecule has 1 saturated heterocycles. The number of aromatic nitrogens is 3. The van der Waals surface area contributed by atoms with Crippen molar-refractivity contribution in [3.63, 3.8) is 0 Å². The Kier molecular flexibility index (Phi) is 5.64. The molecule has 1 aliphatic carbocycles. The number of hydrogen-bond acceptors (Lipinski definition) is 6. The summed E-state index contributed by atoms with van der Waals surface area (Å²) in [7, 11) is 1.64. The van der Waals surface area contributed by atoms with E-state index in [-0.39, 0.29) is 11.3 Å². The molecule has 1 unspecified atom stereocenters. The predicted octanol–water partition coefficient (Wildman–Crippen LogP) is 4.04. The summed E-state index contributed by atoms with van der Waals surface area (Å²) >= 11 is 0. The van der Waals surface area contributed by atoms with E-state index in [0.717, 1.165) is 37.1 Å². The van der Waals surface area contributed by atoms with Crippen LogP contribution in [0.5, 0.6) is 5.75 Å². The Morgan fingerprint density at radius 1 is 1.22 bits per heavy atom. The van der Waals surface area contributed by atoms with E-state index in [1.165, 1.54) is 12.8 Å². The Bertz CT molecular complexity index is 1060. The quantitative estimate of drug-likeness (QED) is 0.560. The highest BCUT2D eigenvalue weighted by Gasteiger charge is 2.45. The molecule has 166 valence electrons. The van der Waals surface area contributed by atoms with Gasteiger partial charge in [0.2, 0.25) is 5.91 Å². The Balaban J connectivity index is 1.36. The van der Waals surface area contributed by atoms with E-state index in [2.05, 4.69) is 10.1 Å². The van der Waals surface area contributed by atoms with Crippen molar-refractivity contribution in [2.24, 2.45) is 5.92 Å². The van der Waals surface area contributed by atoms with Crippen LogP contribution in [0.3, 0.4) is 0 Å². The number of rotatable bonds is 7. The van der Waals surface area contributed by atoms with E-state index >= 15 is 0 Å². The Hall–Kier alpha value is -3.22. The van der Waals surface area contributed by atoms with Crippen molar-refractivity contribution >= 4 is 5.91 Å². The fraction of sp³-hybridized carbons (Fsp3) is 0.440. The lowest BCUT2D eigenvalue weighted by Crippen LogP contribution is -2.49. The minimum absolute atomic E-state index is 0.142. The average Bonchev–Trinajstić information content (AvgIpc) is 3.50. The number of nitrogens with zero attached hydrogens (tertiary/aromatic N) is 4. The smallest absolute Gasteiger partial charge is 0.276 e. The van der Waals surface area contributed by atoms with Crippen LogP contribution in [0.2, 0.25) is 0 Å². The predicted molar refractivity (Wildman–Crippen MR) is 119 cm³/mol. The molecule has 7 heteroatoms. The van der Waals surface area contributed by atoms with Crippen LogP contribution in [-0.4, -0.2) is 46.1 Å². The van der Waals surface area contributed by atoms with Crippen LogP contribution in [0.15, 0.2) is 53.2 Å². The van der Waals surface area contributed by atoms with Crippen LogP contribution in [0.1, 0.15) is 43.5 Å². The maximum Gasteiger partial charge on any atom is 0.276 e. The highest BCUT2D eigenvalue weighted by atomic mass is 16.5. The van der Waals surface area contributed by atoms with Crippen LogP contribution in [0, 0.1) is 5.92 Å². The highest BCUT2D eigenvalue weighted by molar-refractivity contribution is 5.79. The first kappa shape index (κ1) is 20.7. The molecule has 1 aliphatic heterocycles. The summed E-state index contributed by atoms with van der Waals surface area (Å²) in [5, 5.41) is 4.39. The van der Waals surface area contributed by atoms with Crippen molar-refractivity contribution in [3.8, 4) is 17.3 Å². The Labute approximate surface area is 187 Å². The lowest BCUT2D eigenvalue weighted by atomic mass is 9.74. The number of hydrogen-bond donors (Lipinski definition) is 0. The van der Waals surface area contributed by atoms with Crippen molar-refractivity contribution in [1.82, 2.24) is 20.0 Å². The number of ether oxygens (including phenoxy) is 1. The van der Waals surface area contributed by atoms with Gasteiger partial charge in [0.1, 0.15) is 11.4 Å². The van der Waals surface area contributed by atoms with Gasteiger partial charge in [-0.05, 0) is 55.0 Å². The summed E-state index contributed by atoms with van der Waals surface area (Å²) in [6.07, 6.45) is 7.50. The summed E-state index contributed by atoms with van der Waals surface area (Å²) in [5.74, 6) is 2.78. The maximum atomic E-state index is 13.2. The molecule has 3 heterocycles. The second-order valence-corrected chi connectivity index (χ2v) is 9.01. The molecule has 32 heavy (non-hydrogen) atoms. The van der Waals surface area contributed by atoms with Crippen LogP contribution < -0.4 is 4.74 Å². The fourth-order valence-corrected chi connectivity index (χ4v) is 4.72. The second kappa shape index (κ2) is 8.73. The third-order valence-corrected chi connectivity index (χ3v) is 6.60. The van der Waals surface area contributed by atoms with E-state index in [1.807, 2.05) is 47.4 Å². The number of piperidine rings is 1. The first-order valence-corrected chi connectivity index (χ1v) is 11.3. The molecule has 7 nitrogen and oxygen atoms in total. The summed E-state index contributed by atoms with van der Waals surface area (Å²) < 4.78 is 10.8. The van der Waals surface area contributed by atoms with E-state index in [1.54, 1.807) is 13.3 Å². The zero-order valence-electron chi connectivity index (χ0n) is 18.4. The first-order chi connectivity index (χ1) is 15.6. The molecule has 1 aromatic carbocycles. The van der Waals surface area contributed by atoms with Crippen LogP contribution in [-0.2, 0) is 16.6 Å². The monoisotopic (exact) mass is 432 g/mol. The van der Waals surface area contributed by atoms with Gasteiger partial charge in [0, 0.05) is 19.3 Å². The first-order valence-electron chi connectivity index (χ1n) is 11.3. The molecular weight excluding hydrogens is 404 g/mol. The molecule has 1 amide bonds. The van der Waals surface area contributed by atoms with Gasteiger partial charge in [-0.3, -0.25) is 9.78 Å². The van der Waals surface area contributed by atoms with Crippen LogP contribution in [0.4, 0.5) is 0 Å². The van der Waals surface area contributed by atoms with Gasteiger partial charge in [0.25, 0.3) is 5.89 Å². The van der Waals surface area contributed by atoms with Gasteiger partial charge >= 0.3 is 0 Å². The third-order valence-electron chi connectivity index (χ3n) is 6.60. The third kappa shape index (κ3) is 4.38. The molecule has 0 radical (unpaired) electrons. The number of amides is 1. The van der Waals surface area contributed by atoms with Gasteiger partial charge < -0.3 is 14.2 Å². The maximum absolute atomic E-state index is 13.2. The molecule has 5 rings (SSSR count). The summed E-state index contributed by atoms with van der Waals surface area (Å²) in [5.41, 5.74) is 1.41. The molecule has 0 N–H and O–H groups in total. The summed E-state index contributed by atoms with van der Waals surface area (Å²) in [6, 6.07) is 13.3. The van der Waals surface area contributed by atoms with E-state index in [0.29, 0.717) is 36.3 Å².